The highest BCUT2D eigenvalue weighted by molar-refractivity contribution is 5.99. The Morgan fingerprint density at radius 3 is 1.24 bits per heavy atom. The molecule has 1 fully saturated rings. The predicted molar refractivity (Wildman–Crippen MR) is 210 cm³/mol. The van der Waals surface area contributed by atoms with Crippen molar-refractivity contribution in [1.29, 1.82) is 0 Å². The molecule has 0 radical (unpaired) electrons. The van der Waals surface area contributed by atoms with Crippen LogP contribution in [0.15, 0.2) is 0 Å². The number of rotatable bonds is 35. The molecule has 0 bridgehead atoms. The van der Waals surface area contributed by atoms with Crippen molar-refractivity contribution >= 4 is 18.0 Å². The number of carbonyl (C=O) groups excluding carboxylic acids is 3. The molecule has 51 heavy (non-hydrogen) atoms. The van der Waals surface area contributed by atoms with Gasteiger partial charge in [-0.3, -0.25) is 0 Å². The monoisotopic (exact) mass is 724 g/mol. The Morgan fingerprint density at radius 2 is 0.863 bits per heavy atom. The van der Waals surface area contributed by atoms with E-state index in [2.05, 4.69) is 36.0 Å². The number of amides is 1. The lowest BCUT2D eigenvalue weighted by Crippen LogP contribution is -2.45. The van der Waals surface area contributed by atoms with Crippen LogP contribution in [0.25, 0.3) is 0 Å². The van der Waals surface area contributed by atoms with Crippen LogP contribution in [0.3, 0.4) is 0 Å². The van der Waals surface area contributed by atoms with Gasteiger partial charge in [0.1, 0.15) is 0 Å². The largest absolute Gasteiger partial charge is 0.462 e. The molecule has 1 amide bonds. The molecular formula is C42H81N3O6. The highest BCUT2D eigenvalue weighted by Crippen LogP contribution is 2.14. The van der Waals surface area contributed by atoms with Gasteiger partial charge in [0.25, 0.3) is 6.10 Å². The number of hydrogen-bond donors (Lipinski definition) is 1. The smallest absolute Gasteiger partial charge is 0.408 e. The summed E-state index contributed by atoms with van der Waals surface area (Å²) in [5.41, 5.74) is 0. The van der Waals surface area contributed by atoms with Gasteiger partial charge < -0.3 is 29.3 Å². The number of piperazine rings is 1. The van der Waals surface area contributed by atoms with Crippen LogP contribution in [0.5, 0.6) is 0 Å². The molecule has 0 atom stereocenters. The van der Waals surface area contributed by atoms with Crippen molar-refractivity contribution in [3.8, 4) is 0 Å². The predicted octanol–water partition coefficient (Wildman–Crippen LogP) is 9.99. The van der Waals surface area contributed by atoms with Gasteiger partial charge in [0.05, 0.1) is 13.2 Å². The van der Waals surface area contributed by atoms with E-state index in [1.54, 1.807) is 0 Å². The van der Waals surface area contributed by atoms with Gasteiger partial charge in [0.15, 0.2) is 0 Å². The normalized spacial score (nSPS) is 13.8. The number of esters is 2. The van der Waals surface area contributed by atoms with Crippen LogP contribution >= 0.6 is 0 Å². The lowest BCUT2D eigenvalue weighted by atomic mass is 10.0. The van der Waals surface area contributed by atoms with Crippen LogP contribution in [-0.4, -0.2) is 93.5 Å². The molecule has 9 nitrogen and oxygen atoms in total. The molecule has 0 spiro atoms. The van der Waals surface area contributed by atoms with E-state index in [1.807, 2.05) is 0 Å². The standard InChI is InChI=1S/C42H81N3O6/c1-4-6-8-10-12-14-16-18-20-22-24-26-28-37-49-40(46)39(51-42(48)43-31-30-32-45-35-33-44(3)34-36-45)41(47)50-38-29-27-25-23-21-19-17-15-13-11-9-7-5-2/h39H,4-38H2,1-3H3,(H,43,48). The zero-order chi connectivity index (χ0) is 37.0. The summed E-state index contributed by atoms with van der Waals surface area (Å²) in [7, 11) is 2.13. The first-order valence-electron chi connectivity index (χ1n) is 21.7. The second kappa shape index (κ2) is 35.2. The fourth-order valence-electron chi connectivity index (χ4n) is 6.64. The van der Waals surface area contributed by atoms with E-state index >= 15 is 0 Å². The van der Waals surface area contributed by atoms with Gasteiger partial charge in [0, 0.05) is 32.7 Å². The SMILES string of the molecule is CCCCCCCCCCCCCCCOC(=O)C(OC(=O)NCCCN1CCN(C)CC1)C(=O)OCCCCCCCCCCCCCCC. The second-order valence-corrected chi connectivity index (χ2v) is 15.0. The molecule has 1 rings (SSSR count). The van der Waals surface area contributed by atoms with Crippen LogP contribution in [0.4, 0.5) is 4.79 Å². The van der Waals surface area contributed by atoms with Crippen molar-refractivity contribution in [2.45, 2.75) is 193 Å². The van der Waals surface area contributed by atoms with E-state index in [-0.39, 0.29) is 13.2 Å². The lowest BCUT2D eigenvalue weighted by molar-refractivity contribution is -0.169. The third-order valence-corrected chi connectivity index (χ3v) is 10.2. The van der Waals surface area contributed by atoms with Gasteiger partial charge >= 0.3 is 18.0 Å². The molecule has 300 valence electrons. The number of alkyl carbamates (subject to hydrolysis) is 1. The maximum atomic E-state index is 12.9. The minimum atomic E-state index is -1.70. The summed E-state index contributed by atoms with van der Waals surface area (Å²) in [4.78, 5) is 43.1. The molecule has 0 aromatic rings. The molecular weight excluding hydrogens is 642 g/mol. The number of nitrogens with zero attached hydrogens (tertiary/aromatic N) is 2. The molecule has 0 unspecified atom stereocenters. The number of nitrogens with one attached hydrogen (secondary N) is 1. The van der Waals surface area contributed by atoms with Crippen molar-refractivity contribution in [1.82, 2.24) is 15.1 Å². The van der Waals surface area contributed by atoms with E-state index < -0.39 is 24.1 Å². The van der Waals surface area contributed by atoms with Crippen LogP contribution in [-0.2, 0) is 23.8 Å². The molecule has 1 saturated heterocycles. The molecule has 1 aliphatic rings. The van der Waals surface area contributed by atoms with Crippen molar-refractivity contribution in [2.24, 2.45) is 0 Å². The number of likely N-dealkylation sites (N-methyl/N-ethyl adjacent to an activating group) is 1. The summed E-state index contributed by atoms with van der Waals surface area (Å²) in [6, 6.07) is 0. The van der Waals surface area contributed by atoms with Gasteiger partial charge in [0.2, 0.25) is 0 Å². The van der Waals surface area contributed by atoms with Crippen molar-refractivity contribution in [2.75, 3.05) is 59.5 Å². The van der Waals surface area contributed by atoms with Gasteiger partial charge in [-0.2, -0.15) is 0 Å². The summed E-state index contributed by atoms with van der Waals surface area (Å²) in [6.45, 7) is 10.3. The minimum Gasteiger partial charge on any atom is -0.462 e. The molecule has 0 aromatic carbocycles. The van der Waals surface area contributed by atoms with Gasteiger partial charge in [-0.05, 0) is 32.9 Å². The van der Waals surface area contributed by atoms with Crippen LogP contribution < -0.4 is 5.32 Å². The second-order valence-electron chi connectivity index (χ2n) is 15.0. The molecule has 1 aliphatic heterocycles. The molecule has 1 N–H and O–H groups in total. The number of carbonyl (C=O) groups is 3. The van der Waals surface area contributed by atoms with Gasteiger partial charge in [-0.15, -0.1) is 0 Å². The number of ether oxygens (including phenoxy) is 3. The Morgan fingerprint density at radius 1 is 0.510 bits per heavy atom. The number of unbranched alkanes of at least 4 members (excludes halogenated alkanes) is 24. The third kappa shape index (κ3) is 29.3. The Hall–Kier alpha value is -1.87. The Bertz CT molecular complexity index is 776. The van der Waals surface area contributed by atoms with Gasteiger partial charge in [-0.1, -0.05) is 168 Å². The Balaban J connectivity index is 2.29. The van der Waals surface area contributed by atoms with E-state index in [0.717, 1.165) is 77.7 Å². The highest BCUT2D eigenvalue weighted by atomic mass is 16.6. The van der Waals surface area contributed by atoms with E-state index in [0.29, 0.717) is 6.54 Å². The van der Waals surface area contributed by atoms with Crippen molar-refractivity contribution in [3.05, 3.63) is 0 Å². The lowest BCUT2D eigenvalue weighted by Gasteiger charge is -2.32. The summed E-state index contributed by atoms with van der Waals surface area (Å²) in [5.74, 6) is -1.70. The van der Waals surface area contributed by atoms with E-state index in [1.165, 1.54) is 128 Å². The fraction of sp³-hybridized carbons (Fsp3) is 0.929. The minimum absolute atomic E-state index is 0.204. The first kappa shape index (κ1) is 47.2. The average molecular weight is 724 g/mol. The average Bonchev–Trinajstić information content (AvgIpc) is 3.13. The number of hydrogen-bond acceptors (Lipinski definition) is 8. The summed E-state index contributed by atoms with van der Waals surface area (Å²) in [6.07, 6.45) is 30.2. The first-order chi connectivity index (χ1) is 25.0. The molecule has 0 aromatic heterocycles. The topological polar surface area (TPSA) is 97.4 Å². The van der Waals surface area contributed by atoms with Gasteiger partial charge in [-0.25, -0.2) is 14.4 Å². The summed E-state index contributed by atoms with van der Waals surface area (Å²) in [5, 5.41) is 2.70. The maximum Gasteiger partial charge on any atom is 0.408 e. The highest BCUT2D eigenvalue weighted by Gasteiger charge is 2.34. The van der Waals surface area contributed by atoms with Crippen molar-refractivity contribution in [3.63, 3.8) is 0 Å². The molecule has 9 heteroatoms. The third-order valence-electron chi connectivity index (χ3n) is 10.2. The first-order valence-corrected chi connectivity index (χ1v) is 21.7. The van der Waals surface area contributed by atoms with Crippen molar-refractivity contribution < 1.29 is 28.6 Å². The van der Waals surface area contributed by atoms with Crippen LogP contribution in [0.2, 0.25) is 0 Å². The zero-order valence-electron chi connectivity index (χ0n) is 33.7. The van der Waals surface area contributed by atoms with Crippen LogP contribution in [0.1, 0.15) is 187 Å². The maximum absolute atomic E-state index is 12.9. The quantitative estimate of drug-likeness (QED) is 0.0299. The molecule has 0 saturated carbocycles. The fourth-order valence-corrected chi connectivity index (χ4v) is 6.64. The van der Waals surface area contributed by atoms with Crippen LogP contribution in [0, 0.1) is 0 Å². The van der Waals surface area contributed by atoms with E-state index in [9.17, 15) is 14.4 Å². The van der Waals surface area contributed by atoms with E-state index in [4.69, 9.17) is 14.2 Å². The Kier molecular flexibility index (Phi) is 32.5. The Labute approximate surface area is 314 Å². The zero-order valence-corrected chi connectivity index (χ0v) is 33.7. The summed E-state index contributed by atoms with van der Waals surface area (Å²) < 4.78 is 16.1. The molecule has 1 heterocycles. The summed E-state index contributed by atoms with van der Waals surface area (Å²) >= 11 is 0. The molecule has 0 aliphatic carbocycles.